The van der Waals surface area contributed by atoms with Crippen LogP contribution in [0, 0.1) is 6.54 Å². The van der Waals surface area contributed by atoms with E-state index in [0.717, 1.165) is 6.04 Å². The van der Waals surface area contributed by atoms with E-state index in [-0.39, 0.29) is 0 Å². The van der Waals surface area contributed by atoms with Crippen LogP contribution in [0.5, 0.6) is 0 Å². The van der Waals surface area contributed by atoms with Crippen molar-refractivity contribution in [2.75, 3.05) is 7.05 Å². The van der Waals surface area contributed by atoms with Gasteiger partial charge in [0.25, 0.3) is 0 Å². The number of rotatable bonds is 2. The third-order valence-corrected chi connectivity index (χ3v) is 1.53. The van der Waals surface area contributed by atoms with E-state index in [9.17, 15) is 0 Å². The van der Waals surface area contributed by atoms with Crippen molar-refractivity contribution in [2.45, 2.75) is 25.8 Å². The van der Waals surface area contributed by atoms with Crippen molar-refractivity contribution in [1.82, 2.24) is 4.90 Å². The Morgan fingerprint density at radius 2 is 2.14 bits per heavy atom. The van der Waals surface area contributed by atoms with Crippen molar-refractivity contribution >= 4 is 0 Å². The second-order valence-corrected chi connectivity index (χ2v) is 2.15. The average molecular weight is 98.2 g/mol. The quantitative estimate of drug-likeness (QED) is 0.502. The summed E-state index contributed by atoms with van der Waals surface area (Å²) in [5, 5.41) is 0. The number of hydrogen-bond donors (Lipinski definition) is 0. The van der Waals surface area contributed by atoms with Gasteiger partial charge < -0.3 is 0 Å². The molecule has 0 aromatic carbocycles. The Kier molecular flexibility index (Phi) is 1.33. The molecule has 1 aliphatic rings. The van der Waals surface area contributed by atoms with E-state index in [1.54, 1.807) is 0 Å². The summed E-state index contributed by atoms with van der Waals surface area (Å²) in [5.74, 6) is 0. The van der Waals surface area contributed by atoms with E-state index in [4.69, 9.17) is 0 Å². The van der Waals surface area contributed by atoms with Gasteiger partial charge in [0.15, 0.2) is 0 Å². The SMILES string of the molecule is C[CH]N(C)C1CC1. The molecule has 0 aromatic rings. The molecular formula is C6H12N. The molecule has 0 heterocycles. The van der Waals surface area contributed by atoms with Crippen molar-refractivity contribution in [3.05, 3.63) is 6.54 Å². The Hall–Kier alpha value is -0.0400. The van der Waals surface area contributed by atoms with Crippen LogP contribution in [0.3, 0.4) is 0 Å². The molecule has 0 atom stereocenters. The molecule has 1 rings (SSSR count). The van der Waals surface area contributed by atoms with Gasteiger partial charge in [0.1, 0.15) is 0 Å². The fraction of sp³-hybridized carbons (Fsp3) is 0.833. The maximum Gasteiger partial charge on any atom is 0.0220 e. The summed E-state index contributed by atoms with van der Waals surface area (Å²) in [6.45, 7) is 4.22. The van der Waals surface area contributed by atoms with Gasteiger partial charge in [0, 0.05) is 12.6 Å². The molecule has 1 heteroatoms. The van der Waals surface area contributed by atoms with Crippen LogP contribution in [0.15, 0.2) is 0 Å². The molecule has 1 radical (unpaired) electrons. The van der Waals surface area contributed by atoms with Crippen LogP contribution in [0.25, 0.3) is 0 Å². The maximum atomic E-state index is 2.28. The van der Waals surface area contributed by atoms with Crippen LogP contribution in [-0.4, -0.2) is 18.0 Å². The monoisotopic (exact) mass is 98.1 g/mol. The standard InChI is InChI=1S/C6H12N/c1-3-7(2)6-4-5-6/h3,6H,4-5H2,1-2H3. The molecule has 0 spiro atoms. The predicted octanol–water partition coefficient (Wildman–Crippen LogP) is 1.26. The van der Waals surface area contributed by atoms with Gasteiger partial charge in [-0.25, -0.2) is 0 Å². The summed E-state index contributed by atoms with van der Waals surface area (Å²) in [7, 11) is 2.14. The zero-order valence-electron chi connectivity index (χ0n) is 5.02. The molecule has 0 amide bonds. The molecule has 0 saturated heterocycles. The summed E-state index contributed by atoms with van der Waals surface area (Å²) in [6, 6.07) is 0.894. The van der Waals surface area contributed by atoms with Crippen LogP contribution < -0.4 is 0 Å². The molecule has 0 bridgehead atoms. The lowest BCUT2D eigenvalue weighted by atomic mass is 10.5. The first-order valence-corrected chi connectivity index (χ1v) is 2.86. The van der Waals surface area contributed by atoms with E-state index in [1.807, 2.05) is 0 Å². The molecule has 0 aliphatic heterocycles. The summed E-state index contributed by atoms with van der Waals surface area (Å²) >= 11 is 0. The summed E-state index contributed by atoms with van der Waals surface area (Å²) in [6.07, 6.45) is 2.81. The van der Waals surface area contributed by atoms with Gasteiger partial charge in [-0.1, -0.05) is 0 Å². The van der Waals surface area contributed by atoms with Gasteiger partial charge in [-0.2, -0.15) is 0 Å². The van der Waals surface area contributed by atoms with Gasteiger partial charge >= 0.3 is 0 Å². The van der Waals surface area contributed by atoms with Crippen LogP contribution in [-0.2, 0) is 0 Å². The van der Waals surface area contributed by atoms with E-state index >= 15 is 0 Å². The minimum Gasteiger partial charge on any atom is -0.299 e. The van der Waals surface area contributed by atoms with Gasteiger partial charge in [-0.15, -0.1) is 0 Å². The van der Waals surface area contributed by atoms with E-state index in [2.05, 4.69) is 25.4 Å². The number of nitrogens with zero attached hydrogens (tertiary/aromatic N) is 1. The summed E-state index contributed by atoms with van der Waals surface area (Å²) in [5.41, 5.74) is 0. The average Bonchev–Trinajstić information content (AvgIpc) is 2.44. The van der Waals surface area contributed by atoms with Crippen molar-refractivity contribution in [3.63, 3.8) is 0 Å². The molecule has 1 nitrogen and oxygen atoms in total. The molecule has 1 fully saturated rings. The fourth-order valence-electron chi connectivity index (χ4n) is 0.693. The molecule has 0 unspecified atom stereocenters. The highest BCUT2D eigenvalue weighted by Gasteiger charge is 2.24. The van der Waals surface area contributed by atoms with E-state index in [0.29, 0.717) is 0 Å². The second kappa shape index (κ2) is 1.83. The van der Waals surface area contributed by atoms with Crippen molar-refractivity contribution in [2.24, 2.45) is 0 Å². The highest BCUT2D eigenvalue weighted by molar-refractivity contribution is 4.84. The van der Waals surface area contributed by atoms with Crippen molar-refractivity contribution < 1.29 is 0 Å². The zero-order chi connectivity index (χ0) is 5.28. The highest BCUT2D eigenvalue weighted by Crippen LogP contribution is 2.25. The normalized spacial score (nSPS) is 21.0. The Morgan fingerprint density at radius 3 is 2.29 bits per heavy atom. The van der Waals surface area contributed by atoms with Crippen molar-refractivity contribution in [1.29, 1.82) is 0 Å². The molecule has 0 aromatic heterocycles. The maximum absolute atomic E-state index is 2.28. The lowest BCUT2D eigenvalue weighted by molar-refractivity contribution is 0.400. The Morgan fingerprint density at radius 1 is 1.57 bits per heavy atom. The fourth-order valence-corrected chi connectivity index (χ4v) is 0.693. The topological polar surface area (TPSA) is 3.24 Å². The van der Waals surface area contributed by atoms with Gasteiger partial charge in [-0.3, -0.25) is 4.90 Å². The molecule has 1 aliphatic carbocycles. The molecule has 0 N–H and O–H groups in total. The Bertz CT molecular complexity index is 57.2. The van der Waals surface area contributed by atoms with Gasteiger partial charge in [0.2, 0.25) is 0 Å². The van der Waals surface area contributed by atoms with Crippen LogP contribution in [0.1, 0.15) is 19.8 Å². The van der Waals surface area contributed by atoms with Gasteiger partial charge in [0.05, 0.1) is 0 Å². The molecular weight excluding hydrogens is 86.1 g/mol. The molecule has 7 heavy (non-hydrogen) atoms. The lowest BCUT2D eigenvalue weighted by Gasteiger charge is -2.09. The van der Waals surface area contributed by atoms with Crippen LogP contribution in [0.4, 0.5) is 0 Å². The minimum absolute atomic E-state index is 0.894. The largest absolute Gasteiger partial charge is 0.299 e. The van der Waals surface area contributed by atoms with Gasteiger partial charge in [-0.05, 0) is 26.8 Å². The predicted molar refractivity (Wildman–Crippen MR) is 30.8 cm³/mol. The van der Waals surface area contributed by atoms with Crippen LogP contribution >= 0.6 is 0 Å². The number of hydrogen-bond acceptors (Lipinski definition) is 1. The van der Waals surface area contributed by atoms with Crippen molar-refractivity contribution in [3.8, 4) is 0 Å². The lowest BCUT2D eigenvalue weighted by Crippen LogP contribution is -2.14. The van der Waals surface area contributed by atoms with E-state index in [1.165, 1.54) is 12.8 Å². The first-order valence-electron chi connectivity index (χ1n) is 2.86. The molecule has 1 saturated carbocycles. The second-order valence-electron chi connectivity index (χ2n) is 2.15. The summed E-state index contributed by atoms with van der Waals surface area (Å²) < 4.78 is 0. The Balaban J connectivity index is 2.10. The first-order chi connectivity index (χ1) is 3.34. The summed E-state index contributed by atoms with van der Waals surface area (Å²) in [4.78, 5) is 2.28. The van der Waals surface area contributed by atoms with Crippen LogP contribution in [0.2, 0.25) is 0 Å². The third-order valence-electron chi connectivity index (χ3n) is 1.53. The third kappa shape index (κ3) is 1.16. The van der Waals surface area contributed by atoms with E-state index < -0.39 is 0 Å². The zero-order valence-corrected chi connectivity index (χ0v) is 5.02. The Labute approximate surface area is 45.3 Å². The molecule has 41 valence electrons. The minimum atomic E-state index is 0.894. The first kappa shape index (κ1) is 5.10. The highest BCUT2D eigenvalue weighted by atomic mass is 15.1. The smallest absolute Gasteiger partial charge is 0.0220 e.